The molecular formula is C13H19F3IN3. The highest BCUT2D eigenvalue weighted by atomic mass is 127. The van der Waals surface area contributed by atoms with Gasteiger partial charge in [0.05, 0.1) is 15.7 Å². The molecule has 0 aliphatic rings. The van der Waals surface area contributed by atoms with Crippen molar-refractivity contribution in [1.82, 2.24) is 9.97 Å². The number of nitrogens with one attached hydrogen (secondary N) is 1. The van der Waals surface area contributed by atoms with E-state index in [1.54, 1.807) is 0 Å². The summed E-state index contributed by atoms with van der Waals surface area (Å²) in [4.78, 5) is 8.54. The molecule has 0 saturated carbocycles. The molecule has 0 atom stereocenters. The summed E-state index contributed by atoms with van der Waals surface area (Å²) in [5, 5.41) is 3.09. The van der Waals surface area contributed by atoms with Crippen LogP contribution < -0.4 is 5.32 Å². The third-order valence-corrected chi connectivity index (χ3v) is 3.61. The molecule has 0 aliphatic heterocycles. The van der Waals surface area contributed by atoms with Gasteiger partial charge in [0.1, 0.15) is 11.6 Å². The summed E-state index contributed by atoms with van der Waals surface area (Å²) in [6.45, 7) is 8.54. The fourth-order valence-corrected chi connectivity index (χ4v) is 2.88. The molecule has 1 heterocycles. The monoisotopic (exact) mass is 401 g/mol. The number of aryl methyl sites for hydroxylation is 1. The van der Waals surface area contributed by atoms with Crippen LogP contribution in [0, 0.1) is 3.57 Å². The van der Waals surface area contributed by atoms with Gasteiger partial charge in [-0.1, -0.05) is 20.8 Å². The minimum absolute atomic E-state index is 0.193. The van der Waals surface area contributed by atoms with E-state index in [0.717, 1.165) is 9.26 Å². The Morgan fingerprint density at radius 3 is 2.20 bits per heavy atom. The van der Waals surface area contributed by atoms with Crippen molar-refractivity contribution >= 4 is 28.4 Å². The number of hydrogen-bond acceptors (Lipinski definition) is 3. The standard InChI is InChI=1S/C13H19F3IN3/c1-5-18-11-9(17)10(12(2,3)4)19-8(20-11)6-7-13(14,15)16/h5-7H2,1-4H3,(H,18,19,20). The van der Waals surface area contributed by atoms with Gasteiger partial charge in [0.25, 0.3) is 0 Å². The first-order valence-electron chi connectivity index (χ1n) is 6.42. The maximum Gasteiger partial charge on any atom is 0.389 e. The maximum atomic E-state index is 12.3. The molecule has 7 heteroatoms. The normalized spacial score (nSPS) is 12.6. The Kier molecular flexibility index (Phi) is 5.62. The van der Waals surface area contributed by atoms with Crippen molar-refractivity contribution in [2.24, 2.45) is 0 Å². The SMILES string of the molecule is CCNc1nc(CCC(F)(F)F)nc(C(C)(C)C)c1I. The molecule has 1 aromatic heterocycles. The van der Waals surface area contributed by atoms with Crippen molar-refractivity contribution in [2.45, 2.75) is 52.1 Å². The Morgan fingerprint density at radius 2 is 1.75 bits per heavy atom. The van der Waals surface area contributed by atoms with E-state index in [-0.39, 0.29) is 17.7 Å². The lowest BCUT2D eigenvalue weighted by molar-refractivity contribution is -0.134. The zero-order chi connectivity index (χ0) is 15.6. The lowest BCUT2D eigenvalue weighted by Crippen LogP contribution is -2.20. The van der Waals surface area contributed by atoms with E-state index in [2.05, 4.69) is 37.9 Å². The van der Waals surface area contributed by atoms with Crippen LogP contribution in [-0.4, -0.2) is 22.7 Å². The van der Waals surface area contributed by atoms with E-state index in [1.807, 2.05) is 27.7 Å². The summed E-state index contributed by atoms with van der Waals surface area (Å²) >= 11 is 2.14. The molecule has 0 aromatic carbocycles. The molecule has 0 saturated heterocycles. The molecule has 1 N–H and O–H groups in total. The first-order valence-corrected chi connectivity index (χ1v) is 7.50. The van der Waals surface area contributed by atoms with Crippen molar-refractivity contribution in [3.05, 3.63) is 15.1 Å². The van der Waals surface area contributed by atoms with E-state index in [1.165, 1.54) is 0 Å². The Hall–Kier alpha value is -0.600. The van der Waals surface area contributed by atoms with Crippen LogP contribution in [0.25, 0.3) is 0 Å². The van der Waals surface area contributed by atoms with Gasteiger partial charge in [0.15, 0.2) is 0 Å². The van der Waals surface area contributed by atoms with Crippen LogP contribution in [0.2, 0.25) is 0 Å². The van der Waals surface area contributed by atoms with Gasteiger partial charge in [0, 0.05) is 18.4 Å². The quantitative estimate of drug-likeness (QED) is 0.765. The van der Waals surface area contributed by atoms with E-state index < -0.39 is 12.6 Å². The van der Waals surface area contributed by atoms with Crippen LogP contribution in [0.3, 0.4) is 0 Å². The summed E-state index contributed by atoms with van der Waals surface area (Å²) in [5.74, 6) is 0.855. The van der Waals surface area contributed by atoms with E-state index in [9.17, 15) is 13.2 Å². The van der Waals surface area contributed by atoms with Gasteiger partial charge >= 0.3 is 6.18 Å². The highest BCUT2D eigenvalue weighted by Gasteiger charge is 2.28. The molecule has 0 aliphatic carbocycles. The molecule has 20 heavy (non-hydrogen) atoms. The molecule has 1 aromatic rings. The average Bonchev–Trinajstić information content (AvgIpc) is 2.27. The Bertz CT molecular complexity index is 467. The van der Waals surface area contributed by atoms with Crippen molar-refractivity contribution < 1.29 is 13.2 Å². The predicted molar refractivity (Wildman–Crippen MR) is 82.0 cm³/mol. The molecule has 114 valence electrons. The summed E-state index contributed by atoms with van der Waals surface area (Å²) in [5.41, 5.74) is 0.539. The lowest BCUT2D eigenvalue weighted by Gasteiger charge is -2.22. The second-order valence-electron chi connectivity index (χ2n) is 5.55. The van der Waals surface area contributed by atoms with Crippen molar-refractivity contribution in [1.29, 1.82) is 0 Å². The zero-order valence-corrected chi connectivity index (χ0v) is 14.2. The van der Waals surface area contributed by atoms with Crippen LogP contribution in [0.15, 0.2) is 0 Å². The number of hydrogen-bond donors (Lipinski definition) is 1. The van der Waals surface area contributed by atoms with Crippen LogP contribution in [0.5, 0.6) is 0 Å². The van der Waals surface area contributed by atoms with Gasteiger partial charge in [-0.2, -0.15) is 13.2 Å². The van der Waals surface area contributed by atoms with Crippen LogP contribution in [0.4, 0.5) is 19.0 Å². The Labute approximate surface area is 130 Å². The molecule has 0 unspecified atom stereocenters. The van der Waals surface area contributed by atoms with Gasteiger partial charge in [-0.05, 0) is 29.5 Å². The zero-order valence-electron chi connectivity index (χ0n) is 12.0. The Morgan fingerprint density at radius 1 is 1.15 bits per heavy atom. The van der Waals surface area contributed by atoms with Crippen molar-refractivity contribution in [3.63, 3.8) is 0 Å². The molecular weight excluding hydrogens is 382 g/mol. The van der Waals surface area contributed by atoms with Gasteiger partial charge < -0.3 is 5.32 Å². The van der Waals surface area contributed by atoms with Gasteiger partial charge in [-0.15, -0.1) is 0 Å². The fourth-order valence-electron chi connectivity index (χ4n) is 1.64. The Balaban J connectivity index is 3.16. The van der Waals surface area contributed by atoms with Gasteiger partial charge in [-0.3, -0.25) is 0 Å². The number of rotatable bonds is 4. The average molecular weight is 401 g/mol. The molecule has 0 bridgehead atoms. The van der Waals surface area contributed by atoms with E-state index in [4.69, 9.17) is 0 Å². The highest BCUT2D eigenvalue weighted by Crippen LogP contribution is 2.30. The third kappa shape index (κ3) is 5.06. The lowest BCUT2D eigenvalue weighted by atomic mass is 9.92. The van der Waals surface area contributed by atoms with Gasteiger partial charge in [0.2, 0.25) is 0 Å². The first-order chi connectivity index (χ1) is 9.04. The highest BCUT2D eigenvalue weighted by molar-refractivity contribution is 14.1. The number of nitrogens with zero attached hydrogens (tertiary/aromatic N) is 2. The fraction of sp³-hybridized carbons (Fsp3) is 0.692. The summed E-state index contributed by atoms with van der Waals surface area (Å²) in [7, 11) is 0. The maximum absolute atomic E-state index is 12.3. The number of anilines is 1. The minimum atomic E-state index is -4.19. The molecule has 0 spiro atoms. The molecule has 0 radical (unpaired) electrons. The van der Waals surface area contributed by atoms with E-state index >= 15 is 0 Å². The summed E-state index contributed by atoms with van der Waals surface area (Å²) < 4.78 is 37.9. The van der Waals surface area contributed by atoms with Crippen molar-refractivity contribution in [3.8, 4) is 0 Å². The molecule has 0 fully saturated rings. The minimum Gasteiger partial charge on any atom is -0.369 e. The van der Waals surface area contributed by atoms with Gasteiger partial charge in [-0.25, -0.2) is 9.97 Å². The number of halogens is 4. The van der Waals surface area contributed by atoms with Crippen LogP contribution in [-0.2, 0) is 11.8 Å². The largest absolute Gasteiger partial charge is 0.389 e. The number of alkyl halides is 3. The molecule has 0 amide bonds. The summed E-state index contributed by atoms with van der Waals surface area (Å²) in [6.07, 6.45) is -5.28. The summed E-state index contributed by atoms with van der Waals surface area (Å²) in [6, 6.07) is 0. The molecule has 3 nitrogen and oxygen atoms in total. The second kappa shape index (κ2) is 6.44. The van der Waals surface area contributed by atoms with Crippen LogP contribution >= 0.6 is 22.6 Å². The third-order valence-electron chi connectivity index (χ3n) is 2.58. The topological polar surface area (TPSA) is 37.8 Å². The molecule has 1 rings (SSSR count). The van der Waals surface area contributed by atoms with Crippen molar-refractivity contribution in [2.75, 3.05) is 11.9 Å². The van der Waals surface area contributed by atoms with Crippen LogP contribution in [0.1, 0.15) is 45.6 Å². The predicted octanol–water partition coefficient (Wildman–Crippen LogP) is 4.31. The smallest absolute Gasteiger partial charge is 0.369 e. The second-order valence-corrected chi connectivity index (χ2v) is 6.63. The number of aromatic nitrogens is 2. The first kappa shape index (κ1) is 17.5. The van der Waals surface area contributed by atoms with E-state index in [0.29, 0.717) is 12.4 Å².